The summed E-state index contributed by atoms with van der Waals surface area (Å²) in [5.74, 6) is -2.34. The second kappa shape index (κ2) is 9.09. The lowest BCUT2D eigenvalue weighted by Crippen LogP contribution is -2.38. The molecule has 0 aromatic rings. The van der Waals surface area contributed by atoms with E-state index in [-0.39, 0.29) is 13.0 Å². The molecule has 7 nitrogen and oxygen atoms in total. The van der Waals surface area contributed by atoms with Crippen molar-refractivity contribution in [2.24, 2.45) is 0 Å². The maximum absolute atomic E-state index is 11.6. The fourth-order valence-corrected chi connectivity index (χ4v) is 1.12. The first-order valence-electron chi connectivity index (χ1n) is 5.64. The number of ether oxygens (including phenoxy) is 4. The van der Waals surface area contributed by atoms with Gasteiger partial charge in [0.2, 0.25) is 0 Å². The van der Waals surface area contributed by atoms with Crippen molar-refractivity contribution in [2.75, 3.05) is 13.7 Å². The van der Waals surface area contributed by atoms with Gasteiger partial charge in [-0.05, 0) is 6.92 Å². The zero-order valence-corrected chi connectivity index (χ0v) is 11.2. The van der Waals surface area contributed by atoms with Crippen LogP contribution in [0.5, 0.6) is 0 Å². The molecule has 0 saturated heterocycles. The highest BCUT2D eigenvalue weighted by molar-refractivity contribution is 5.79. The fraction of sp³-hybridized carbons (Fsp3) is 0.583. The normalized spacial score (nSPS) is 13.0. The van der Waals surface area contributed by atoms with Gasteiger partial charge in [-0.2, -0.15) is 0 Å². The van der Waals surface area contributed by atoms with Crippen LogP contribution in [-0.4, -0.2) is 44.0 Å². The van der Waals surface area contributed by atoms with Gasteiger partial charge in [0.25, 0.3) is 0 Å². The summed E-state index contributed by atoms with van der Waals surface area (Å²) >= 11 is 0. The third-order valence-corrected chi connectivity index (χ3v) is 1.88. The first-order valence-corrected chi connectivity index (χ1v) is 5.64. The molecule has 0 aliphatic carbocycles. The predicted molar refractivity (Wildman–Crippen MR) is 63.9 cm³/mol. The van der Waals surface area contributed by atoms with Crippen molar-refractivity contribution in [3.8, 4) is 0 Å². The minimum Gasteiger partial charge on any atom is -0.464 e. The largest absolute Gasteiger partial charge is 0.464 e. The van der Waals surface area contributed by atoms with Crippen LogP contribution in [0.15, 0.2) is 12.7 Å². The SMILES string of the molecule is C=CCC(OC(OC(C)=O)C(=O)OC)C(=O)OCC. The Morgan fingerprint density at radius 3 is 2.32 bits per heavy atom. The number of carbonyl (C=O) groups is 3. The zero-order valence-electron chi connectivity index (χ0n) is 11.2. The Labute approximate surface area is 111 Å². The number of methoxy groups -OCH3 is 1. The van der Waals surface area contributed by atoms with Gasteiger partial charge in [-0.1, -0.05) is 6.08 Å². The van der Waals surface area contributed by atoms with E-state index >= 15 is 0 Å². The van der Waals surface area contributed by atoms with Gasteiger partial charge < -0.3 is 18.9 Å². The van der Waals surface area contributed by atoms with E-state index in [0.717, 1.165) is 14.0 Å². The number of carbonyl (C=O) groups excluding carboxylic acids is 3. The molecule has 7 heteroatoms. The minimum absolute atomic E-state index is 0.105. The molecule has 0 aliphatic rings. The lowest BCUT2D eigenvalue weighted by molar-refractivity contribution is -0.211. The molecule has 2 atom stereocenters. The number of hydrogen-bond donors (Lipinski definition) is 0. The highest BCUT2D eigenvalue weighted by Gasteiger charge is 2.31. The topological polar surface area (TPSA) is 88.1 Å². The molecular weight excluding hydrogens is 256 g/mol. The van der Waals surface area contributed by atoms with Crippen LogP contribution >= 0.6 is 0 Å². The van der Waals surface area contributed by atoms with E-state index in [1.165, 1.54) is 6.08 Å². The molecule has 2 unspecified atom stereocenters. The quantitative estimate of drug-likeness (QED) is 0.277. The molecule has 0 N–H and O–H groups in total. The summed E-state index contributed by atoms with van der Waals surface area (Å²) in [6.45, 7) is 6.36. The Balaban J connectivity index is 4.81. The number of rotatable bonds is 8. The van der Waals surface area contributed by atoms with Crippen molar-refractivity contribution in [3.63, 3.8) is 0 Å². The van der Waals surface area contributed by atoms with E-state index in [0.29, 0.717) is 0 Å². The number of hydrogen-bond acceptors (Lipinski definition) is 7. The van der Waals surface area contributed by atoms with Crippen LogP contribution in [0.25, 0.3) is 0 Å². The Kier molecular flexibility index (Phi) is 8.19. The molecule has 0 rings (SSSR count). The van der Waals surface area contributed by atoms with Crippen molar-refractivity contribution >= 4 is 17.9 Å². The minimum atomic E-state index is -1.61. The summed E-state index contributed by atoms with van der Waals surface area (Å²) < 4.78 is 18.9. The summed E-state index contributed by atoms with van der Waals surface area (Å²) in [5, 5.41) is 0. The van der Waals surface area contributed by atoms with Gasteiger partial charge in [0, 0.05) is 13.3 Å². The maximum atomic E-state index is 11.6. The van der Waals surface area contributed by atoms with Gasteiger partial charge in [0.05, 0.1) is 13.7 Å². The van der Waals surface area contributed by atoms with Gasteiger partial charge in [-0.15, -0.1) is 6.58 Å². The Bertz CT molecular complexity index is 337. The van der Waals surface area contributed by atoms with Crippen LogP contribution in [-0.2, 0) is 33.3 Å². The predicted octanol–water partition coefficient (Wildman–Crippen LogP) is 0.573. The molecule has 0 aromatic carbocycles. The summed E-state index contributed by atoms with van der Waals surface area (Å²) in [5.41, 5.74) is 0. The lowest BCUT2D eigenvalue weighted by Gasteiger charge is -2.20. The molecular formula is C12H18O7. The van der Waals surface area contributed by atoms with E-state index in [1.54, 1.807) is 6.92 Å². The Morgan fingerprint density at radius 1 is 1.26 bits per heavy atom. The summed E-state index contributed by atoms with van der Waals surface area (Å²) in [7, 11) is 1.11. The van der Waals surface area contributed by atoms with Crippen molar-refractivity contribution in [2.45, 2.75) is 32.7 Å². The van der Waals surface area contributed by atoms with Crippen LogP contribution in [0, 0.1) is 0 Å². The fourth-order valence-electron chi connectivity index (χ4n) is 1.12. The van der Waals surface area contributed by atoms with Crippen LogP contribution in [0.1, 0.15) is 20.3 Å². The van der Waals surface area contributed by atoms with Gasteiger partial charge in [0.1, 0.15) is 0 Å². The molecule has 108 valence electrons. The molecule has 19 heavy (non-hydrogen) atoms. The van der Waals surface area contributed by atoms with Crippen LogP contribution in [0.4, 0.5) is 0 Å². The molecule has 0 fully saturated rings. The van der Waals surface area contributed by atoms with Crippen molar-refractivity contribution < 1.29 is 33.3 Å². The van der Waals surface area contributed by atoms with E-state index < -0.39 is 30.3 Å². The highest BCUT2D eigenvalue weighted by Crippen LogP contribution is 2.09. The third kappa shape index (κ3) is 6.56. The molecule has 0 heterocycles. The molecule has 0 aromatic heterocycles. The zero-order chi connectivity index (χ0) is 14.8. The van der Waals surface area contributed by atoms with E-state index in [1.807, 2.05) is 0 Å². The highest BCUT2D eigenvalue weighted by atomic mass is 16.7. The second-order valence-corrected chi connectivity index (χ2v) is 3.37. The second-order valence-electron chi connectivity index (χ2n) is 3.37. The van der Waals surface area contributed by atoms with Gasteiger partial charge in [0.15, 0.2) is 6.10 Å². The summed E-state index contributed by atoms with van der Waals surface area (Å²) in [4.78, 5) is 33.8. The van der Waals surface area contributed by atoms with Crippen molar-refractivity contribution in [3.05, 3.63) is 12.7 Å². The van der Waals surface area contributed by atoms with E-state index in [2.05, 4.69) is 16.1 Å². The van der Waals surface area contributed by atoms with Crippen LogP contribution in [0.2, 0.25) is 0 Å². The van der Waals surface area contributed by atoms with E-state index in [9.17, 15) is 14.4 Å². The van der Waals surface area contributed by atoms with Gasteiger partial charge in [-0.25, -0.2) is 9.59 Å². The molecule has 0 aliphatic heterocycles. The Hall–Kier alpha value is -1.89. The van der Waals surface area contributed by atoms with Crippen LogP contribution < -0.4 is 0 Å². The maximum Gasteiger partial charge on any atom is 0.376 e. The smallest absolute Gasteiger partial charge is 0.376 e. The molecule has 0 saturated carbocycles. The average Bonchev–Trinajstić information content (AvgIpc) is 2.36. The summed E-state index contributed by atoms with van der Waals surface area (Å²) in [6.07, 6.45) is -1.19. The number of esters is 3. The van der Waals surface area contributed by atoms with Crippen molar-refractivity contribution in [1.82, 2.24) is 0 Å². The molecule has 0 spiro atoms. The molecule has 0 bridgehead atoms. The third-order valence-electron chi connectivity index (χ3n) is 1.88. The average molecular weight is 274 g/mol. The first-order chi connectivity index (χ1) is 8.96. The van der Waals surface area contributed by atoms with Gasteiger partial charge >= 0.3 is 24.2 Å². The van der Waals surface area contributed by atoms with E-state index in [4.69, 9.17) is 9.47 Å². The lowest BCUT2D eigenvalue weighted by atomic mass is 10.2. The molecule has 0 radical (unpaired) electrons. The standard InChI is InChI=1S/C12H18O7/c1-5-7-9(10(14)17-6-2)19-12(11(15)16-4)18-8(3)13/h5,9,12H,1,6-7H2,2-4H3. The van der Waals surface area contributed by atoms with Gasteiger partial charge in [-0.3, -0.25) is 4.79 Å². The van der Waals surface area contributed by atoms with Crippen LogP contribution in [0.3, 0.4) is 0 Å². The first kappa shape index (κ1) is 17.1. The summed E-state index contributed by atoms with van der Waals surface area (Å²) in [6, 6.07) is 0. The molecule has 0 amide bonds. The van der Waals surface area contributed by atoms with Crippen molar-refractivity contribution in [1.29, 1.82) is 0 Å². The Morgan fingerprint density at radius 2 is 1.89 bits per heavy atom. The monoisotopic (exact) mass is 274 g/mol.